The van der Waals surface area contributed by atoms with Gasteiger partial charge in [0.15, 0.2) is 0 Å². The van der Waals surface area contributed by atoms with Gasteiger partial charge in [0.25, 0.3) is 5.91 Å². The van der Waals surface area contributed by atoms with Crippen molar-refractivity contribution in [2.45, 2.75) is 44.8 Å². The highest BCUT2D eigenvalue weighted by atomic mass is 16.5. The standard InChI is InChI=1S/C19H26N2O4/c1-14-13-24-11-9-21(14)19(23)15-5-7-16(8-6-15)20-18(22)12-17-4-2-3-10-25-17/h5-8,14,17H,2-4,9-13H2,1H3,(H,20,22). The molecule has 136 valence electrons. The molecule has 2 unspecified atom stereocenters. The zero-order valence-electron chi connectivity index (χ0n) is 14.7. The summed E-state index contributed by atoms with van der Waals surface area (Å²) in [5, 5.41) is 2.88. The smallest absolute Gasteiger partial charge is 0.254 e. The van der Waals surface area contributed by atoms with Crippen LogP contribution in [0, 0.1) is 0 Å². The molecular formula is C19H26N2O4. The fourth-order valence-electron chi connectivity index (χ4n) is 3.28. The lowest BCUT2D eigenvalue weighted by atomic mass is 10.1. The number of carbonyl (C=O) groups is 2. The molecule has 2 atom stereocenters. The topological polar surface area (TPSA) is 67.9 Å². The Labute approximate surface area is 148 Å². The Hall–Kier alpha value is -1.92. The highest BCUT2D eigenvalue weighted by Crippen LogP contribution is 2.18. The Balaban J connectivity index is 1.54. The number of nitrogens with one attached hydrogen (secondary N) is 1. The lowest BCUT2D eigenvalue weighted by Gasteiger charge is -2.33. The molecule has 1 aromatic rings. The lowest BCUT2D eigenvalue weighted by Crippen LogP contribution is -2.47. The van der Waals surface area contributed by atoms with E-state index >= 15 is 0 Å². The van der Waals surface area contributed by atoms with E-state index in [-0.39, 0.29) is 24.0 Å². The summed E-state index contributed by atoms with van der Waals surface area (Å²) >= 11 is 0. The van der Waals surface area contributed by atoms with Crippen LogP contribution in [0.1, 0.15) is 43.0 Å². The van der Waals surface area contributed by atoms with E-state index in [4.69, 9.17) is 9.47 Å². The van der Waals surface area contributed by atoms with Crippen molar-refractivity contribution in [3.8, 4) is 0 Å². The van der Waals surface area contributed by atoms with Crippen molar-refractivity contribution in [2.24, 2.45) is 0 Å². The maximum atomic E-state index is 12.6. The van der Waals surface area contributed by atoms with Gasteiger partial charge in [0.05, 0.1) is 31.8 Å². The number of nitrogens with zero attached hydrogens (tertiary/aromatic N) is 1. The first-order valence-corrected chi connectivity index (χ1v) is 9.04. The molecule has 0 radical (unpaired) electrons. The SMILES string of the molecule is CC1COCCN1C(=O)c1ccc(NC(=O)CC2CCCCO2)cc1. The largest absolute Gasteiger partial charge is 0.378 e. The van der Waals surface area contributed by atoms with Gasteiger partial charge in [-0.1, -0.05) is 0 Å². The fourth-order valence-corrected chi connectivity index (χ4v) is 3.28. The predicted molar refractivity (Wildman–Crippen MR) is 94.6 cm³/mol. The van der Waals surface area contributed by atoms with Crippen molar-refractivity contribution in [2.75, 3.05) is 31.7 Å². The fraction of sp³-hybridized carbons (Fsp3) is 0.579. The van der Waals surface area contributed by atoms with Crippen molar-refractivity contribution in [3.63, 3.8) is 0 Å². The monoisotopic (exact) mass is 346 g/mol. The molecule has 0 aromatic heterocycles. The molecule has 6 nitrogen and oxygen atoms in total. The van der Waals surface area contributed by atoms with Crippen LogP contribution >= 0.6 is 0 Å². The summed E-state index contributed by atoms with van der Waals surface area (Å²) in [4.78, 5) is 26.5. The molecule has 2 aliphatic rings. The van der Waals surface area contributed by atoms with E-state index in [0.717, 1.165) is 25.9 Å². The molecule has 2 amide bonds. The Morgan fingerprint density at radius 1 is 1.20 bits per heavy atom. The number of benzene rings is 1. The molecule has 1 aromatic carbocycles. The predicted octanol–water partition coefficient (Wildman–Crippen LogP) is 2.45. The van der Waals surface area contributed by atoms with Gasteiger partial charge in [0, 0.05) is 24.4 Å². The molecule has 2 heterocycles. The molecule has 0 aliphatic carbocycles. The van der Waals surface area contributed by atoms with Crippen molar-refractivity contribution >= 4 is 17.5 Å². The highest BCUT2D eigenvalue weighted by molar-refractivity contribution is 5.96. The zero-order valence-corrected chi connectivity index (χ0v) is 14.7. The Morgan fingerprint density at radius 2 is 2.00 bits per heavy atom. The van der Waals surface area contributed by atoms with Crippen LogP contribution in [0.2, 0.25) is 0 Å². The van der Waals surface area contributed by atoms with E-state index in [0.29, 0.717) is 37.4 Å². The normalized spacial score (nSPS) is 24.0. The molecule has 0 saturated carbocycles. The molecule has 1 N–H and O–H groups in total. The second-order valence-corrected chi connectivity index (χ2v) is 6.74. The summed E-state index contributed by atoms with van der Waals surface area (Å²) in [6, 6.07) is 7.15. The number of ether oxygens (including phenoxy) is 2. The molecular weight excluding hydrogens is 320 g/mol. The van der Waals surface area contributed by atoms with E-state index in [9.17, 15) is 9.59 Å². The van der Waals surface area contributed by atoms with Gasteiger partial charge >= 0.3 is 0 Å². The Morgan fingerprint density at radius 3 is 2.68 bits per heavy atom. The average Bonchev–Trinajstić information content (AvgIpc) is 2.63. The first kappa shape index (κ1) is 17.9. The molecule has 25 heavy (non-hydrogen) atoms. The van der Waals surface area contributed by atoms with Gasteiger partial charge in [0.2, 0.25) is 5.91 Å². The van der Waals surface area contributed by atoms with Crippen LogP contribution in [0.15, 0.2) is 24.3 Å². The number of hydrogen-bond donors (Lipinski definition) is 1. The molecule has 3 rings (SSSR count). The number of amides is 2. The maximum Gasteiger partial charge on any atom is 0.254 e. The van der Waals surface area contributed by atoms with Gasteiger partial charge in [-0.2, -0.15) is 0 Å². The average molecular weight is 346 g/mol. The minimum absolute atomic E-state index is 0.00396. The third kappa shape index (κ3) is 4.80. The minimum Gasteiger partial charge on any atom is -0.378 e. The quantitative estimate of drug-likeness (QED) is 0.909. The van der Waals surface area contributed by atoms with E-state index in [1.54, 1.807) is 24.3 Å². The molecule has 2 fully saturated rings. The van der Waals surface area contributed by atoms with Crippen LogP contribution < -0.4 is 5.32 Å². The summed E-state index contributed by atoms with van der Waals surface area (Å²) in [5.74, 6) is -0.0444. The second-order valence-electron chi connectivity index (χ2n) is 6.74. The molecule has 0 spiro atoms. The summed E-state index contributed by atoms with van der Waals surface area (Å²) in [7, 11) is 0. The third-order valence-electron chi connectivity index (χ3n) is 4.73. The molecule has 2 saturated heterocycles. The summed E-state index contributed by atoms with van der Waals surface area (Å²) in [5.41, 5.74) is 1.33. The first-order valence-electron chi connectivity index (χ1n) is 9.04. The molecule has 0 bridgehead atoms. The first-order chi connectivity index (χ1) is 12.1. The van der Waals surface area contributed by atoms with E-state index < -0.39 is 0 Å². The number of anilines is 1. The van der Waals surface area contributed by atoms with Crippen molar-refractivity contribution in [1.29, 1.82) is 0 Å². The van der Waals surface area contributed by atoms with Crippen molar-refractivity contribution in [1.82, 2.24) is 4.90 Å². The number of morpholine rings is 1. The summed E-state index contributed by atoms with van der Waals surface area (Å²) in [6.07, 6.45) is 3.55. The van der Waals surface area contributed by atoms with Crippen molar-refractivity contribution in [3.05, 3.63) is 29.8 Å². The lowest BCUT2D eigenvalue weighted by molar-refractivity contribution is -0.119. The number of hydrogen-bond acceptors (Lipinski definition) is 4. The summed E-state index contributed by atoms with van der Waals surface area (Å²) < 4.78 is 11.0. The van der Waals surface area contributed by atoms with Crippen molar-refractivity contribution < 1.29 is 19.1 Å². The minimum atomic E-state index is -0.0484. The van der Waals surface area contributed by atoms with Crippen LogP contribution in [0.5, 0.6) is 0 Å². The molecule has 6 heteroatoms. The van der Waals surface area contributed by atoms with Gasteiger partial charge in [-0.05, 0) is 50.5 Å². The van der Waals surface area contributed by atoms with E-state index in [1.807, 2.05) is 11.8 Å². The number of carbonyl (C=O) groups excluding carboxylic acids is 2. The van der Waals surface area contributed by atoms with Crippen LogP contribution in [0.3, 0.4) is 0 Å². The Bertz CT molecular complexity index is 596. The van der Waals surface area contributed by atoms with E-state index in [1.165, 1.54) is 0 Å². The Kier molecular flexibility index (Phi) is 6.04. The van der Waals surface area contributed by atoms with Gasteiger partial charge in [-0.15, -0.1) is 0 Å². The van der Waals surface area contributed by atoms with Gasteiger partial charge < -0.3 is 19.7 Å². The third-order valence-corrected chi connectivity index (χ3v) is 4.73. The van der Waals surface area contributed by atoms with Crippen LogP contribution in [-0.2, 0) is 14.3 Å². The maximum absolute atomic E-state index is 12.6. The van der Waals surface area contributed by atoms with Gasteiger partial charge in [-0.3, -0.25) is 9.59 Å². The van der Waals surface area contributed by atoms with Crippen LogP contribution in [-0.4, -0.2) is 55.2 Å². The zero-order chi connectivity index (χ0) is 17.6. The highest BCUT2D eigenvalue weighted by Gasteiger charge is 2.24. The summed E-state index contributed by atoms with van der Waals surface area (Å²) in [6.45, 7) is 4.49. The van der Waals surface area contributed by atoms with Gasteiger partial charge in [-0.25, -0.2) is 0 Å². The van der Waals surface area contributed by atoms with E-state index in [2.05, 4.69) is 5.32 Å². The van der Waals surface area contributed by atoms with Gasteiger partial charge in [0.1, 0.15) is 0 Å². The van der Waals surface area contributed by atoms with Crippen LogP contribution in [0.4, 0.5) is 5.69 Å². The second kappa shape index (κ2) is 8.45. The molecule has 2 aliphatic heterocycles. The van der Waals surface area contributed by atoms with Crippen LogP contribution in [0.25, 0.3) is 0 Å². The number of rotatable bonds is 4.